The Morgan fingerprint density at radius 1 is 1.40 bits per heavy atom. The van der Waals surface area contributed by atoms with E-state index in [1.54, 1.807) is 0 Å². The molecule has 0 radical (unpaired) electrons. The summed E-state index contributed by atoms with van der Waals surface area (Å²) in [6.45, 7) is 1.51. The van der Waals surface area contributed by atoms with Crippen molar-refractivity contribution in [3.05, 3.63) is 0 Å². The maximum atomic E-state index is 3.96. The van der Waals surface area contributed by atoms with Crippen LogP contribution >= 0.6 is 30.6 Å². The van der Waals surface area contributed by atoms with Gasteiger partial charge in [-0.15, -0.1) is 30.6 Å². The molecule has 1 aliphatic rings. The zero-order valence-electron chi connectivity index (χ0n) is 6.37. The molecule has 1 aliphatic heterocycles. The molecule has 0 unspecified atom stereocenters. The molecule has 0 N–H and O–H groups in total. The number of rotatable bonds is 1. The van der Waals surface area contributed by atoms with Crippen LogP contribution in [0, 0.1) is 0 Å². The van der Waals surface area contributed by atoms with Crippen molar-refractivity contribution in [1.82, 2.24) is 0 Å². The zero-order valence-corrected chi connectivity index (χ0v) is 11.7. The van der Waals surface area contributed by atoms with Gasteiger partial charge in [-0.25, -0.2) is 0 Å². The molecule has 0 bridgehead atoms. The van der Waals surface area contributed by atoms with E-state index in [4.69, 9.17) is 0 Å². The second kappa shape index (κ2) is 3.87. The van der Waals surface area contributed by atoms with Crippen LogP contribution < -0.4 is 0 Å². The highest BCUT2D eigenvalue weighted by molar-refractivity contribution is 9.26. The lowest BCUT2D eigenvalue weighted by Gasteiger charge is -2.29. The Hall–Kier alpha value is 1.39. The van der Waals surface area contributed by atoms with Crippen molar-refractivity contribution in [1.29, 1.82) is 0 Å². The first kappa shape index (κ1) is 9.48. The van der Waals surface area contributed by atoms with Crippen molar-refractivity contribution in [2.75, 3.05) is 0 Å². The maximum absolute atomic E-state index is 3.96. The van der Waals surface area contributed by atoms with E-state index in [-0.39, 0.29) is 7.42 Å². The lowest BCUT2D eigenvalue weighted by Crippen LogP contribution is -2.31. The van der Waals surface area contributed by atoms with Gasteiger partial charge in [0.05, 0.1) is 0 Å². The number of hydrogen-bond donors (Lipinski definition) is 0. The summed E-state index contributed by atoms with van der Waals surface area (Å²) in [6.07, 6.45) is 0. The van der Waals surface area contributed by atoms with Gasteiger partial charge in [-0.2, -0.15) is 0 Å². The Morgan fingerprint density at radius 2 is 1.90 bits per heavy atom. The number of hydrogen-bond acceptors (Lipinski definition) is 0. The van der Waals surface area contributed by atoms with E-state index in [1.165, 1.54) is 30.2 Å². The summed E-state index contributed by atoms with van der Waals surface area (Å²) in [6, 6.07) is 7.56. The van der Waals surface area contributed by atoms with Crippen LogP contribution in [0.2, 0.25) is 30.2 Å². The van der Waals surface area contributed by atoms with E-state index < -0.39 is 6.69 Å². The minimum atomic E-state index is -0.835. The second-order valence-electron chi connectivity index (χ2n) is 3.18. The predicted octanol–water partition coefficient (Wildman–Crippen LogP) is 3.48. The van der Waals surface area contributed by atoms with Gasteiger partial charge in [0.15, 0.2) is 0 Å². The fourth-order valence-electron chi connectivity index (χ4n) is 1.45. The fraction of sp³-hybridized carbons (Fsp3) is 1.00. The van der Waals surface area contributed by atoms with E-state index in [0.717, 1.165) is 0 Å². The molecule has 0 aromatic carbocycles. The van der Waals surface area contributed by atoms with Gasteiger partial charge in [0.25, 0.3) is 0 Å². The van der Waals surface area contributed by atoms with Crippen LogP contribution in [-0.2, 0) is 0 Å². The normalized spacial score (nSPS) is 41.7. The predicted molar refractivity (Wildman–Crippen MR) is 60.5 cm³/mol. The third-order valence-electron chi connectivity index (χ3n) is 2.44. The van der Waals surface area contributed by atoms with Gasteiger partial charge < -0.3 is 0 Å². The highest BCUT2D eigenvalue weighted by Gasteiger charge is 2.33. The summed E-state index contributed by atoms with van der Waals surface area (Å²) in [5.41, 5.74) is 0. The largest absolute Gasteiger partial charge is 0.131 e. The van der Waals surface area contributed by atoms with E-state index >= 15 is 0 Å². The van der Waals surface area contributed by atoms with E-state index in [9.17, 15) is 0 Å². The molecule has 0 aromatic rings. The van der Waals surface area contributed by atoms with Crippen molar-refractivity contribution in [2.45, 2.75) is 37.1 Å². The van der Waals surface area contributed by atoms with Crippen LogP contribution in [0.5, 0.6) is 0 Å². The quantitative estimate of drug-likeness (QED) is 0.514. The van der Waals surface area contributed by atoms with Crippen LogP contribution in [0.1, 0.15) is 6.92 Å². The highest BCUT2D eigenvalue weighted by atomic mass is 79.9. The maximum Gasteiger partial charge on any atom is 0.129 e. The Bertz CT molecular complexity index is 110. The SMILES string of the molecule is CC[Si]1(Br)CC[SiH](Br)CC1. The molecular weight excluding hydrogens is 288 g/mol. The van der Waals surface area contributed by atoms with E-state index in [1.807, 2.05) is 0 Å². The average Bonchev–Trinajstić information content (AvgIpc) is 1.96. The van der Waals surface area contributed by atoms with Crippen molar-refractivity contribution < 1.29 is 0 Å². The first-order valence-corrected chi connectivity index (χ1v) is 13.7. The van der Waals surface area contributed by atoms with Gasteiger partial charge in [-0.1, -0.05) is 25.1 Å². The van der Waals surface area contributed by atoms with Crippen LogP contribution in [-0.4, -0.2) is 14.1 Å². The minimum absolute atomic E-state index is 0.373. The average molecular weight is 302 g/mol. The molecule has 0 aromatic heterocycles. The lowest BCUT2D eigenvalue weighted by atomic mass is 10.9. The first-order chi connectivity index (χ1) is 4.66. The summed E-state index contributed by atoms with van der Waals surface area (Å²) in [5, 5.41) is 0. The molecule has 0 amide bonds. The minimum Gasteiger partial charge on any atom is -0.131 e. The topological polar surface area (TPSA) is 0 Å². The second-order valence-corrected chi connectivity index (χ2v) is 18.5. The Balaban J connectivity index is 2.38. The molecule has 0 aliphatic carbocycles. The molecule has 0 atom stereocenters. The third-order valence-corrected chi connectivity index (χ3v) is 15.9. The Labute approximate surface area is 81.6 Å². The summed E-state index contributed by atoms with van der Waals surface area (Å²) in [4.78, 5) is 0. The van der Waals surface area contributed by atoms with Gasteiger partial charge in [0.2, 0.25) is 0 Å². The van der Waals surface area contributed by atoms with Crippen molar-refractivity contribution in [2.24, 2.45) is 0 Å². The molecule has 1 heterocycles. The molecule has 0 nitrogen and oxygen atoms in total. The standard InChI is InChI=1S/C6H14Br2Si2/c1-2-10(8)5-3-9(7)4-6-10/h9H,2-6H2,1H3. The molecule has 0 saturated carbocycles. The van der Waals surface area contributed by atoms with E-state index in [0.29, 0.717) is 0 Å². The van der Waals surface area contributed by atoms with Crippen molar-refractivity contribution in [3.63, 3.8) is 0 Å². The molecule has 1 saturated heterocycles. The lowest BCUT2D eigenvalue weighted by molar-refractivity contribution is 1.16. The third kappa shape index (κ3) is 2.46. The zero-order chi connectivity index (χ0) is 7.61. The molecule has 1 fully saturated rings. The molecule has 60 valence electrons. The monoisotopic (exact) mass is 300 g/mol. The molecule has 1 rings (SSSR count). The number of halogens is 2. The molecule has 0 spiro atoms. The summed E-state index contributed by atoms with van der Waals surface area (Å²) in [7, 11) is -0.373. The van der Waals surface area contributed by atoms with Crippen molar-refractivity contribution >= 4 is 44.7 Å². The smallest absolute Gasteiger partial charge is 0.129 e. The highest BCUT2D eigenvalue weighted by Crippen LogP contribution is 2.38. The first-order valence-electron chi connectivity index (χ1n) is 3.99. The van der Waals surface area contributed by atoms with Crippen LogP contribution in [0.25, 0.3) is 0 Å². The van der Waals surface area contributed by atoms with Gasteiger partial charge in [-0.3, -0.25) is 0 Å². The Kier molecular flexibility index (Phi) is 3.67. The fourth-order valence-corrected chi connectivity index (χ4v) is 17.6. The van der Waals surface area contributed by atoms with E-state index in [2.05, 4.69) is 37.5 Å². The molecule has 4 heteroatoms. The Morgan fingerprint density at radius 3 is 2.30 bits per heavy atom. The summed E-state index contributed by atoms with van der Waals surface area (Å²) < 4.78 is 0. The summed E-state index contributed by atoms with van der Waals surface area (Å²) in [5.74, 6) is 0. The van der Waals surface area contributed by atoms with Crippen molar-refractivity contribution in [3.8, 4) is 0 Å². The van der Waals surface area contributed by atoms with Gasteiger partial charge in [0.1, 0.15) is 14.1 Å². The molecule has 10 heavy (non-hydrogen) atoms. The van der Waals surface area contributed by atoms with Gasteiger partial charge >= 0.3 is 0 Å². The van der Waals surface area contributed by atoms with Crippen LogP contribution in [0.15, 0.2) is 0 Å². The van der Waals surface area contributed by atoms with Crippen LogP contribution in [0.3, 0.4) is 0 Å². The van der Waals surface area contributed by atoms with Gasteiger partial charge in [0, 0.05) is 0 Å². The summed E-state index contributed by atoms with van der Waals surface area (Å²) >= 11 is 7.77. The van der Waals surface area contributed by atoms with Crippen LogP contribution in [0.4, 0.5) is 0 Å². The molecular formula is C6H14Br2Si2. The van der Waals surface area contributed by atoms with Gasteiger partial charge in [-0.05, 0) is 12.1 Å².